The van der Waals surface area contributed by atoms with E-state index in [4.69, 9.17) is 14.2 Å². The van der Waals surface area contributed by atoms with E-state index in [1.165, 1.54) is 5.56 Å². The predicted octanol–water partition coefficient (Wildman–Crippen LogP) is 3.04. The van der Waals surface area contributed by atoms with Gasteiger partial charge in [-0.2, -0.15) is 0 Å². The molecule has 31 heavy (non-hydrogen) atoms. The zero-order valence-corrected chi connectivity index (χ0v) is 19.1. The number of nitrogens with zero attached hydrogens (tertiary/aromatic N) is 2. The van der Waals surface area contributed by atoms with Gasteiger partial charge in [-0.15, -0.1) is 0 Å². The Morgan fingerprint density at radius 2 is 1.71 bits per heavy atom. The zero-order chi connectivity index (χ0) is 22.2. The van der Waals surface area contributed by atoms with E-state index < -0.39 is 0 Å². The number of hydrogen-bond donors (Lipinski definition) is 2. The maximum absolute atomic E-state index is 5.53. The second-order valence-corrected chi connectivity index (χ2v) is 7.79. The molecule has 0 aliphatic carbocycles. The van der Waals surface area contributed by atoms with Crippen molar-refractivity contribution in [2.45, 2.75) is 38.5 Å². The number of hydrogen-bond acceptors (Lipinski definition) is 5. The van der Waals surface area contributed by atoms with Gasteiger partial charge in [-0.3, -0.25) is 9.89 Å². The number of guanidine groups is 1. The molecule has 1 aliphatic heterocycles. The van der Waals surface area contributed by atoms with Crippen molar-refractivity contribution in [3.8, 4) is 17.2 Å². The highest BCUT2D eigenvalue weighted by atomic mass is 16.5. The van der Waals surface area contributed by atoms with Crippen LogP contribution in [0.25, 0.3) is 0 Å². The van der Waals surface area contributed by atoms with E-state index in [0.29, 0.717) is 30.1 Å². The lowest BCUT2D eigenvalue weighted by molar-refractivity contribution is 0.258. The van der Waals surface area contributed by atoms with Crippen LogP contribution < -0.4 is 24.8 Å². The van der Waals surface area contributed by atoms with Gasteiger partial charge in [0.25, 0.3) is 0 Å². The maximum Gasteiger partial charge on any atom is 0.191 e. The Labute approximate surface area is 185 Å². The summed E-state index contributed by atoms with van der Waals surface area (Å²) >= 11 is 0. The molecular formula is C24H34N4O3. The van der Waals surface area contributed by atoms with E-state index in [2.05, 4.69) is 57.8 Å². The van der Waals surface area contributed by atoms with Crippen molar-refractivity contribution in [3.05, 3.63) is 53.6 Å². The average Bonchev–Trinajstić information content (AvgIpc) is 3.14. The fourth-order valence-corrected chi connectivity index (χ4v) is 4.04. The van der Waals surface area contributed by atoms with Crippen molar-refractivity contribution in [2.24, 2.45) is 4.99 Å². The fraction of sp³-hybridized carbons (Fsp3) is 0.458. The van der Waals surface area contributed by atoms with Crippen molar-refractivity contribution in [3.63, 3.8) is 0 Å². The van der Waals surface area contributed by atoms with Gasteiger partial charge < -0.3 is 24.8 Å². The number of rotatable bonds is 8. The quantitative estimate of drug-likeness (QED) is 0.500. The number of methoxy groups -OCH3 is 3. The molecule has 7 heteroatoms. The van der Waals surface area contributed by atoms with E-state index in [0.717, 1.165) is 36.8 Å². The second-order valence-electron chi connectivity index (χ2n) is 7.79. The average molecular weight is 427 g/mol. The number of benzene rings is 2. The summed E-state index contributed by atoms with van der Waals surface area (Å²) in [6.07, 6.45) is 1.08. The lowest BCUT2D eigenvalue weighted by Crippen LogP contribution is -2.44. The molecule has 0 spiro atoms. The Balaban J connectivity index is 1.59. The van der Waals surface area contributed by atoms with Crippen molar-refractivity contribution in [1.82, 2.24) is 15.5 Å². The molecule has 2 aromatic carbocycles. The largest absolute Gasteiger partial charge is 0.496 e. The highest BCUT2D eigenvalue weighted by molar-refractivity contribution is 5.80. The van der Waals surface area contributed by atoms with Crippen molar-refractivity contribution >= 4 is 5.96 Å². The van der Waals surface area contributed by atoms with Gasteiger partial charge in [-0.05, 0) is 25.0 Å². The molecule has 0 bridgehead atoms. The van der Waals surface area contributed by atoms with Crippen molar-refractivity contribution in [1.29, 1.82) is 0 Å². The summed E-state index contributed by atoms with van der Waals surface area (Å²) in [5.74, 6) is 2.83. The van der Waals surface area contributed by atoms with Gasteiger partial charge in [0, 0.05) is 50.4 Å². The minimum absolute atomic E-state index is 0.345. The van der Waals surface area contributed by atoms with Crippen LogP contribution in [-0.2, 0) is 13.1 Å². The van der Waals surface area contributed by atoms with Crippen LogP contribution in [0, 0.1) is 0 Å². The smallest absolute Gasteiger partial charge is 0.191 e. The van der Waals surface area contributed by atoms with E-state index >= 15 is 0 Å². The lowest BCUT2D eigenvalue weighted by Gasteiger charge is -2.21. The molecule has 0 aromatic heterocycles. The van der Waals surface area contributed by atoms with Crippen LogP contribution in [-0.4, -0.2) is 57.9 Å². The number of ether oxygens (including phenoxy) is 3. The number of aliphatic imine (C=N–C) groups is 1. The van der Waals surface area contributed by atoms with Crippen LogP contribution >= 0.6 is 0 Å². The second kappa shape index (κ2) is 10.9. The van der Waals surface area contributed by atoms with Crippen LogP contribution in [0.2, 0.25) is 0 Å². The lowest BCUT2D eigenvalue weighted by atomic mass is 10.1. The standard InChI is InChI=1S/C24H34N4O3/c1-17-11-20(16-28(17)15-18-9-7-6-8-10-18)27-24(25-2)26-14-19-12-22(30-4)23(31-5)13-21(19)29-3/h6-10,12-13,17,20H,11,14-16H2,1-5H3,(H2,25,26,27). The molecule has 2 atom stereocenters. The SMILES string of the molecule is CN=C(NCc1cc(OC)c(OC)cc1OC)NC1CC(C)N(Cc2ccccc2)C1. The van der Waals surface area contributed by atoms with E-state index in [-0.39, 0.29) is 0 Å². The molecular weight excluding hydrogens is 392 g/mol. The van der Waals surface area contributed by atoms with Gasteiger partial charge in [0.15, 0.2) is 17.5 Å². The first-order valence-electron chi connectivity index (χ1n) is 10.6. The van der Waals surface area contributed by atoms with Gasteiger partial charge in [0.2, 0.25) is 0 Å². The van der Waals surface area contributed by atoms with Crippen LogP contribution in [0.5, 0.6) is 17.2 Å². The third-order valence-corrected chi connectivity index (χ3v) is 5.73. The first-order valence-corrected chi connectivity index (χ1v) is 10.6. The minimum atomic E-state index is 0.345. The van der Waals surface area contributed by atoms with Gasteiger partial charge in [0.1, 0.15) is 5.75 Å². The molecule has 7 nitrogen and oxygen atoms in total. The molecule has 2 aromatic rings. The van der Waals surface area contributed by atoms with E-state index in [1.807, 2.05) is 12.1 Å². The summed E-state index contributed by atoms with van der Waals surface area (Å²) in [5.41, 5.74) is 2.31. The van der Waals surface area contributed by atoms with Crippen LogP contribution in [0.4, 0.5) is 0 Å². The van der Waals surface area contributed by atoms with Crippen LogP contribution in [0.3, 0.4) is 0 Å². The molecule has 168 valence electrons. The summed E-state index contributed by atoms with van der Waals surface area (Å²) in [6.45, 7) is 4.79. The summed E-state index contributed by atoms with van der Waals surface area (Å²) in [4.78, 5) is 6.92. The Morgan fingerprint density at radius 3 is 2.35 bits per heavy atom. The maximum atomic E-state index is 5.53. The summed E-state index contributed by atoms with van der Waals surface area (Å²) in [6, 6.07) is 15.3. The first-order chi connectivity index (χ1) is 15.1. The van der Waals surface area contributed by atoms with Crippen molar-refractivity contribution < 1.29 is 14.2 Å². The predicted molar refractivity (Wildman–Crippen MR) is 124 cm³/mol. The van der Waals surface area contributed by atoms with Gasteiger partial charge in [-0.25, -0.2) is 0 Å². The molecule has 2 unspecified atom stereocenters. The molecule has 0 saturated carbocycles. The number of likely N-dealkylation sites (tertiary alicyclic amines) is 1. The highest BCUT2D eigenvalue weighted by Gasteiger charge is 2.29. The Kier molecular flexibility index (Phi) is 8.00. The summed E-state index contributed by atoms with van der Waals surface area (Å²) in [7, 11) is 6.69. The molecule has 2 N–H and O–H groups in total. The van der Waals surface area contributed by atoms with Gasteiger partial charge in [-0.1, -0.05) is 30.3 Å². The molecule has 1 aliphatic rings. The monoisotopic (exact) mass is 426 g/mol. The van der Waals surface area contributed by atoms with Crippen molar-refractivity contribution in [2.75, 3.05) is 34.9 Å². The Hall–Kier alpha value is -2.93. The molecule has 1 heterocycles. The third-order valence-electron chi connectivity index (χ3n) is 5.73. The van der Waals surface area contributed by atoms with Crippen LogP contribution in [0.1, 0.15) is 24.5 Å². The van der Waals surface area contributed by atoms with Crippen LogP contribution in [0.15, 0.2) is 47.5 Å². The molecule has 0 radical (unpaired) electrons. The normalized spacial score (nSPS) is 19.2. The zero-order valence-electron chi connectivity index (χ0n) is 19.1. The Bertz CT molecular complexity index is 873. The molecule has 1 fully saturated rings. The molecule has 3 rings (SSSR count). The summed E-state index contributed by atoms with van der Waals surface area (Å²) < 4.78 is 16.3. The van der Waals surface area contributed by atoms with Gasteiger partial charge >= 0.3 is 0 Å². The topological polar surface area (TPSA) is 67.4 Å². The minimum Gasteiger partial charge on any atom is -0.496 e. The molecule has 1 saturated heterocycles. The van der Waals surface area contributed by atoms with E-state index in [1.54, 1.807) is 28.4 Å². The Morgan fingerprint density at radius 1 is 1.03 bits per heavy atom. The highest BCUT2D eigenvalue weighted by Crippen LogP contribution is 2.34. The van der Waals surface area contributed by atoms with E-state index in [9.17, 15) is 0 Å². The third kappa shape index (κ3) is 5.82. The first kappa shape index (κ1) is 22.7. The fourth-order valence-electron chi connectivity index (χ4n) is 4.04. The van der Waals surface area contributed by atoms with Gasteiger partial charge in [0.05, 0.1) is 21.3 Å². The number of nitrogens with one attached hydrogen (secondary N) is 2. The summed E-state index contributed by atoms with van der Waals surface area (Å²) in [5, 5.41) is 6.97. The molecule has 0 amide bonds.